The Morgan fingerprint density at radius 1 is 1.12 bits per heavy atom. The monoisotopic (exact) mass is 326 g/mol. The van der Waals surface area contributed by atoms with E-state index < -0.39 is 5.76 Å². The highest BCUT2D eigenvalue weighted by atomic mass is 16.5. The summed E-state index contributed by atoms with van der Waals surface area (Å²) in [5.74, 6) is 0.0502. The summed E-state index contributed by atoms with van der Waals surface area (Å²) in [6, 6.07) is 16.5. The Kier molecular flexibility index (Phi) is 4.65. The van der Waals surface area contributed by atoms with Crippen LogP contribution in [0.25, 0.3) is 11.1 Å². The van der Waals surface area contributed by atoms with Gasteiger partial charge in [-0.2, -0.15) is 0 Å². The zero-order chi connectivity index (χ0) is 16.9. The Labute approximate surface area is 138 Å². The summed E-state index contributed by atoms with van der Waals surface area (Å²) in [6.45, 7) is 0.753. The molecule has 3 aromatic rings. The molecule has 1 heterocycles. The zero-order valence-corrected chi connectivity index (χ0v) is 13.3. The number of ether oxygens (including phenoxy) is 1. The van der Waals surface area contributed by atoms with E-state index in [-0.39, 0.29) is 12.5 Å². The first-order valence-electron chi connectivity index (χ1n) is 7.65. The molecule has 0 aliphatic carbocycles. The summed E-state index contributed by atoms with van der Waals surface area (Å²) in [6.07, 6.45) is 0. The van der Waals surface area contributed by atoms with Crippen molar-refractivity contribution < 1.29 is 13.9 Å². The molecule has 0 spiro atoms. The molecule has 0 aliphatic heterocycles. The van der Waals surface area contributed by atoms with E-state index in [9.17, 15) is 9.59 Å². The van der Waals surface area contributed by atoms with E-state index in [4.69, 9.17) is 9.15 Å². The van der Waals surface area contributed by atoms with Crippen molar-refractivity contribution in [2.45, 2.75) is 6.54 Å². The van der Waals surface area contributed by atoms with Crippen molar-refractivity contribution in [1.29, 1.82) is 0 Å². The highest BCUT2D eigenvalue weighted by Gasteiger charge is 2.15. The maximum absolute atomic E-state index is 12.3. The number of rotatable bonds is 6. The van der Waals surface area contributed by atoms with Crippen LogP contribution >= 0.6 is 0 Å². The van der Waals surface area contributed by atoms with E-state index in [1.807, 2.05) is 30.3 Å². The molecule has 0 N–H and O–H groups in total. The third-order valence-corrected chi connectivity index (χ3v) is 3.73. The molecule has 6 nitrogen and oxygen atoms in total. The third-order valence-electron chi connectivity index (χ3n) is 3.73. The Balaban J connectivity index is 1.59. The topological polar surface area (TPSA) is 64.7 Å². The lowest BCUT2D eigenvalue weighted by Crippen LogP contribution is -2.35. The number of oxazole rings is 1. The lowest BCUT2D eigenvalue weighted by molar-refractivity contribution is -0.130. The van der Waals surface area contributed by atoms with Crippen molar-refractivity contribution in [3.05, 3.63) is 65.1 Å². The van der Waals surface area contributed by atoms with Crippen LogP contribution in [0.2, 0.25) is 0 Å². The van der Waals surface area contributed by atoms with Crippen LogP contribution in [0.3, 0.4) is 0 Å². The van der Waals surface area contributed by atoms with Crippen LogP contribution in [-0.2, 0) is 11.3 Å². The molecule has 24 heavy (non-hydrogen) atoms. The Morgan fingerprint density at radius 3 is 2.62 bits per heavy atom. The minimum absolute atomic E-state index is 0.0579. The molecule has 0 bridgehead atoms. The van der Waals surface area contributed by atoms with Crippen LogP contribution < -0.4 is 10.5 Å². The first-order valence-corrected chi connectivity index (χ1v) is 7.65. The fourth-order valence-electron chi connectivity index (χ4n) is 2.36. The van der Waals surface area contributed by atoms with Crippen molar-refractivity contribution >= 4 is 17.0 Å². The van der Waals surface area contributed by atoms with Crippen LogP contribution in [0.4, 0.5) is 0 Å². The fraction of sp³-hybridized carbons (Fsp3) is 0.222. The number of fused-ring (bicyclic) bond motifs is 1. The van der Waals surface area contributed by atoms with E-state index >= 15 is 0 Å². The second-order valence-electron chi connectivity index (χ2n) is 5.40. The maximum Gasteiger partial charge on any atom is 0.420 e. The van der Waals surface area contributed by atoms with Crippen molar-refractivity contribution in [3.63, 3.8) is 0 Å². The van der Waals surface area contributed by atoms with Gasteiger partial charge in [0.1, 0.15) is 18.9 Å². The lowest BCUT2D eigenvalue weighted by atomic mass is 10.3. The number of nitrogens with zero attached hydrogens (tertiary/aromatic N) is 2. The first-order chi connectivity index (χ1) is 11.6. The molecule has 0 saturated carbocycles. The van der Waals surface area contributed by atoms with Crippen molar-refractivity contribution in [3.8, 4) is 5.75 Å². The number of aromatic nitrogens is 1. The summed E-state index contributed by atoms with van der Waals surface area (Å²) < 4.78 is 12.0. The highest BCUT2D eigenvalue weighted by Crippen LogP contribution is 2.12. The first kappa shape index (κ1) is 15.9. The van der Waals surface area contributed by atoms with Gasteiger partial charge in [-0.25, -0.2) is 4.79 Å². The van der Waals surface area contributed by atoms with Gasteiger partial charge in [0.15, 0.2) is 5.58 Å². The summed E-state index contributed by atoms with van der Waals surface area (Å²) in [7, 11) is 1.68. The molecule has 0 atom stereocenters. The second kappa shape index (κ2) is 7.04. The molecule has 0 saturated heterocycles. The predicted octanol–water partition coefficient (Wildman–Crippen LogP) is 2.13. The number of hydrogen-bond acceptors (Lipinski definition) is 4. The molecule has 2 aromatic carbocycles. The van der Waals surface area contributed by atoms with Crippen LogP contribution in [0, 0.1) is 0 Å². The van der Waals surface area contributed by atoms with Crippen molar-refractivity contribution in [2.75, 3.05) is 20.2 Å². The van der Waals surface area contributed by atoms with E-state index in [1.54, 1.807) is 31.3 Å². The number of para-hydroxylation sites is 3. The summed E-state index contributed by atoms with van der Waals surface area (Å²) in [4.78, 5) is 25.8. The molecular formula is C18H18N2O4. The van der Waals surface area contributed by atoms with Gasteiger partial charge in [0, 0.05) is 7.05 Å². The smallest absolute Gasteiger partial charge is 0.420 e. The van der Waals surface area contributed by atoms with Crippen LogP contribution in [0.15, 0.2) is 63.8 Å². The van der Waals surface area contributed by atoms with Crippen LogP contribution in [-0.4, -0.2) is 35.6 Å². The van der Waals surface area contributed by atoms with Crippen LogP contribution in [0.5, 0.6) is 5.75 Å². The summed E-state index contributed by atoms with van der Waals surface area (Å²) in [5.41, 5.74) is 1.09. The molecule has 1 aromatic heterocycles. The number of carbonyl (C=O) groups is 1. The molecule has 1 amide bonds. The molecule has 0 aliphatic rings. The van der Waals surface area contributed by atoms with Gasteiger partial charge in [0.05, 0.1) is 12.1 Å². The van der Waals surface area contributed by atoms with Gasteiger partial charge in [-0.1, -0.05) is 30.3 Å². The molecule has 3 rings (SSSR count). The fourth-order valence-corrected chi connectivity index (χ4v) is 2.36. The molecule has 124 valence electrons. The predicted molar refractivity (Wildman–Crippen MR) is 90.0 cm³/mol. The van der Waals surface area contributed by atoms with Gasteiger partial charge < -0.3 is 14.1 Å². The minimum atomic E-state index is -0.529. The molecule has 0 radical (unpaired) electrons. The van der Waals surface area contributed by atoms with Gasteiger partial charge >= 0.3 is 5.76 Å². The van der Waals surface area contributed by atoms with Gasteiger partial charge in [0.25, 0.3) is 0 Å². The Morgan fingerprint density at radius 2 is 1.83 bits per heavy atom. The number of likely N-dealkylation sites (N-methyl/N-ethyl adjacent to an activating group) is 1. The normalized spacial score (nSPS) is 10.7. The SMILES string of the molecule is CN(CCOc1ccccc1)C(=O)Cn1c(=O)oc2ccccc21. The molecule has 6 heteroatoms. The van der Waals surface area contributed by atoms with E-state index in [1.165, 1.54) is 9.47 Å². The van der Waals surface area contributed by atoms with E-state index in [0.29, 0.717) is 24.3 Å². The summed E-state index contributed by atoms with van der Waals surface area (Å²) in [5, 5.41) is 0. The highest BCUT2D eigenvalue weighted by molar-refractivity contribution is 5.79. The molecule has 0 fully saturated rings. The van der Waals surface area contributed by atoms with Crippen molar-refractivity contribution in [2.24, 2.45) is 0 Å². The lowest BCUT2D eigenvalue weighted by Gasteiger charge is -2.17. The molecular weight excluding hydrogens is 308 g/mol. The van der Waals surface area contributed by atoms with Gasteiger partial charge in [-0.15, -0.1) is 0 Å². The van der Waals surface area contributed by atoms with Crippen molar-refractivity contribution in [1.82, 2.24) is 9.47 Å². The standard InChI is InChI=1S/C18H18N2O4/c1-19(11-12-23-14-7-3-2-4-8-14)17(21)13-20-15-9-5-6-10-16(15)24-18(20)22/h2-10H,11-13H2,1H3. The average molecular weight is 326 g/mol. The minimum Gasteiger partial charge on any atom is -0.492 e. The second-order valence-corrected chi connectivity index (χ2v) is 5.40. The number of benzene rings is 2. The van der Waals surface area contributed by atoms with Crippen LogP contribution in [0.1, 0.15) is 0 Å². The van der Waals surface area contributed by atoms with E-state index in [0.717, 1.165) is 5.75 Å². The Hall–Kier alpha value is -3.02. The van der Waals surface area contributed by atoms with Gasteiger partial charge in [-0.3, -0.25) is 9.36 Å². The summed E-state index contributed by atoms with van der Waals surface area (Å²) >= 11 is 0. The average Bonchev–Trinajstić information content (AvgIpc) is 2.91. The quantitative estimate of drug-likeness (QED) is 0.696. The number of amides is 1. The zero-order valence-electron chi connectivity index (χ0n) is 13.3. The third kappa shape index (κ3) is 3.48. The number of hydrogen-bond donors (Lipinski definition) is 0. The maximum atomic E-state index is 12.3. The van der Waals surface area contributed by atoms with E-state index in [2.05, 4.69) is 0 Å². The van der Waals surface area contributed by atoms with Gasteiger partial charge in [-0.05, 0) is 24.3 Å². The largest absolute Gasteiger partial charge is 0.492 e. The van der Waals surface area contributed by atoms with Gasteiger partial charge in [0.2, 0.25) is 5.91 Å². The Bertz CT molecular complexity index is 883. The molecule has 0 unspecified atom stereocenters. The number of carbonyl (C=O) groups excluding carboxylic acids is 1.